The van der Waals surface area contributed by atoms with E-state index in [-0.39, 0.29) is 24.1 Å². The number of hydrogen-bond acceptors (Lipinski definition) is 14. The largest absolute Gasteiger partial charge is 0.444 e. The first-order chi connectivity index (χ1) is 43.5. The molecule has 6 heterocycles. The maximum atomic E-state index is 13.5. The van der Waals surface area contributed by atoms with E-state index >= 15 is 0 Å². The van der Waals surface area contributed by atoms with E-state index in [4.69, 9.17) is 54.2 Å². The Balaban J connectivity index is 0.000000215. The van der Waals surface area contributed by atoms with E-state index in [1.165, 1.54) is 6.08 Å². The van der Waals surface area contributed by atoms with Crippen molar-refractivity contribution >= 4 is 119 Å². The highest BCUT2D eigenvalue weighted by atomic mass is 79.9. The van der Waals surface area contributed by atoms with Gasteiger partial charge in [0.2, 0.25) is 23.0 Å². The number of para-hydroxylation sites is 2. The Morgan fingerprint density at radius 3 is 1.59 bits per heavy atom. The fraction of sp³-hybridized carbons (Fsp3) is 0.353. The van der Waals surface area contributed by atoms with Crippen LogP contribution in [0.2, 0.25) is 10.0 Å². The number of benzene rings is 4. The minimum atomic E-state index is -0.647. The second kappa shape index (κ2) is 32.4. The van der Waals surface area contributed by atoms with Crippen LogP contribution in [-0.2, 0) is 32.2 Å². The number of fused-ring (bicyclic) bond motifs is 2. The van der Waals surface area contributed by atoms with Crippen LogP contribution >= 0.6 is 50.7 Å². The Hall–Kier alpha value is -7.85. The van der Waals surface area contributed by atoms with Crippen molar-refractivity contribution in [3.05, 3.63) is 167 Å². The number of carbonyl (C=O) groups is 4. The lowest BCUT2D eigenvalue weighted by molar-refractivity contribution is -0.128. The molecule has 0 bridgehead atoms. The molecule has 2 aliphatic heterocycles. The van der Waals surface area contributed by atoms with Gasteiger partial charge in [-0.2, -0.15) is 0 Å². The molecule has 2 saturated heterocycles. The van der Waals surface area contributed by atoms with Crippen LogP contribution < -0.4 is 16.0 Å². The molecule has 2 fully saturated rings. The Labute approximate surface area is 555 Å². The van der Waals surface area contributed by atoms with E-state index in [0.29, 0.717) is 71.4 Å². The number of likely N-dealkylation sites (N-methyl/N-ethyl adjacent to an activating group) is 1. The predicted molar refractivity (Wildman–Crippen MR) is 369 cm³/mol. The van der Waals surface area contributed by atoms with E-state index in [1.807, 2.05) is 186 Å². The van der Waals surface area contributed by atoms with Gasteiger partial charge in [-0.25, -0.2) is 29.5 Å². The Morgan fingerprint density at radius 2 is 1.15 bits per heavy atom. The molecule has 0 spiro atoms. The van der Waals surface area contributed by atoms with Crippen LogP contribution in [0.25, 0.3) is 44.3 Å². The molecule has 5 N–H and O–H groups in total. The number of ether oxygens (including phenoxy) is 2. The minimum Gasteiger partial charge on any atom is -0.444 e. The van der Waals surface area contributed by atoms with Crippen molar-refractivity contribution in [2.75, 3.05) is 62.8 Å². The molecule has 91 heavy (non-hydrogen) atoms. The van der Waals surface area contributed by atoms with E-state index in [0.717, 1.165) is 94.2 Å². The maximum absolute atomic E-state index is 13.5. The predicted octanol–water partition coefficient (Wildman–Crippen LogP) is 15.1. The summed E-state index contributed by atoms with van der Waals surface area (Å²) in [5, 5.41) is 13.2. The van der Waals surface area contributed by atoms with Crippen molar-refractivity contribution in [3.8, 4) is 22.5 Å². The van der Waals surface area contributed by atoms with Crippen molar-refractivity contribution < 1.29 is 28.7 Å². The quantitative estimate of drug-likeness (QED) is 0.0325. The van der Waals surface area contributed by atoms with E-state index in [9.17, 15) is 19.2 Å². The van der Waals surface area contributed by atoms with Gasteiger partial charge < -0.3 is 45.2 Å². The van der Waals surface area contributed by atoms with Crippen LogP contribution in [0.4, 0.5) is 32.9 Å². The molecule has 2 aliphatic rings. The van der Waals surface area contributed by atoms with Gasteiger partial charge >= 0.3 is 12.2 Å². The Morgan fingerprint density at radius 1 is 0.670 bits per heavy atom. The molecular formula is C68H79BrCl3N13O6. The number of anilines is 4. The number of aromatic nitrogens is 6. The van der Waals surface area contributed by atoms with Gasteiger partial charge in [-0.15, -0.1) is 0 Å². The van der Waals surface area contributed by atoms with Crippen LogP contribution in [0.5, 0.6) is 0 Å². The smallest absolute Gasteiger partial charge is 0.410 e. The minimum absolute atomic E-state index is 0.0385. The van der Waals surface area contributed by atoms with Gasteiger partial charge in [-0.1, -0.05) is 112 Å². The number of likely N-dealkylation sites (tertiary alicyclic amines) is 1. The van der Waals surface area contributed by atoms with Gasteiger partial charge in [-0.3, -0.25) is 19.4 Å². The molecule has 0 aliphatic carbocycles. The summed E-state index contributed by atoms with van der Waals surface area (Å²) >= 11 is 21.0. The molecular weight excluding hydrogens is 1280 g/mol. The summed E-state index contributed by atoms with van der Waals surface area (Å²) in [6.45, 7) is 15.6. The number of allylic oxidation sites excluding steroid dienone is 2. The topological polar surface area (TPSA) is 219 Å². The number of carbonyl (C=O) groups excluding carboxylic acids is 4. The zero-order valence-electron chi connectivity index (χ0n) is 52.5. The zero-order chi connectivity index (χ0) is 65.2. The Kier molecular flexibility index (Phi) is 24.6. The summed E-state index contributed by atoms with van der Waals surface area (Å²) in [6.07, 6.45) is 16.4. The van der Waals surface area contributed by atoms with Gasteiger partial charge in [-0.05, 0) is 153 Å². The fourth-order valence-corrected chi connectivity index (χ4v) is 10.9. The standard InChI is InChI=1S/C35H42ClN7O3.C29H33ClN6O2.C4H4BrClO/c1-35(2,3)46-34(45)43(26-10-8-19-42(23-26)31(44)13-9-18-41(4)5)22-24-14-16-25(17-15-24)39-33-38-21-29(36)32(40-33)28-20-37-30-12-7-6-11-27(28)30;1-29(2,3)38-28(37)36(21-7-6-14-31-15-21)18-19-10-12-20(13-11-19)34-27-33-17-24(30)26(35-27)23-16-32-25-9-5-4-8-22(23)25;5-3-1-2-4(6)7/h6-7,9,11-17,20-21,26,37H,8,10,18-19,22-23H2,1-5H3,(H,38,39,40);4-5,8-13,16-17,21,31-32H,6-7,14-15,18H2,1-3H3,(H,33,34,35);1-2H,3H2/b13-9+;;2-1+/t26-;21-;/m11./s1. The number of aromatic amines is 2. The van der Waals surface area contributed by atoms with Gasteiger partial charge in [0.1, 0.15) is 11.2 Å². The van der Waals surface area contributed by atoms with Gasteiger partial charge in [0, 0.05) is 113 Å². The molecule has 3 amide bonds. The van der Waals surface area contributed by atoms with Crippen LogP contribution in [0.3, 0.4) is 0 Å². The SMILES string of the molecule is CC(C)(C)OC(=O)N(Cc1ccc(Nc2ncc(Cl)c(-c3c[nH]c4ccccc34)n2)cc1)[C@@H]1CCCNC1.CN(C)C/C=C/C(=O)N1CCC[C@@H](N(Cc2ccc(Nc3ncc(Cl)c(-c4c[nH]c5ccccc45)n3)cc2)C(=O)OC(C)(C)C)C1.O=C(Cl)/C=C/CBr. The average Bonchev–Trinajstić information content (AvgIpc) is 1.77. The highest BCUT2D eigenvalue weighted by Gasteiger charge is 2.34. The van der Waals surface area contributed by atoms with Crippen LogP contribution in [0.15, 0.2) is 146 Å². The molecule has 10 rings (SSSR count). The third kappa shape index (κ3) is 20.6. The first kappa shape index (κ1) is 69.0. The van der Waals surface area contributed by atoms with Crippen molar-refractivity contribution in [3.63, 3.8) is 0 Å². The summed E-state index contributed by atoms with van der Waals surface area (Å²) in [7, 11) is 3.92. The lowest BCUT2D eigenvalue weighted by atomic mass is 10.0. The number of piperidine rings is 2. The van der Waals surface area contributed by atoms with E-state index < -0.39 is 22.5 Å². The van der Waals surface area contributed by atoms with Crippen molar-refractivity contribution in [1.82, 2.24) is 54.8 Å². The molecule has 19 nitrogen and oxygen atoms in total. The van der Waals surface area contributed by atoms with E-state index in [1.54, 1.807) is 29.4 Å². The number of nitrogens with one attached hydrogen (secondary N) is 5. The van der Waals surface area contributed by atoms with Crippen molar-refractivity contribution in [2.24, 2.45) is 0 Å². The molecule has 0 radical (unpaired) electrons. The molecule has 4 aromatic carbocycles. The van der Waals surface area contributed by atoms with E-state index in [2.05, 4.69) is 51.8 Å². The first-order valence-electron chi connectivity index (χ1n) is 30.1. The normalized spacial score (nSPS) is 15.2. The summed E-state index contributed by atoms with van der Waals surface area (Å²) < 4.78 is 11.5. The number of halogens is 4. The number of hydrogen-bond donors (Lipinski definition) is 5. The third-order valence-corrected chi connectivity index (χ3v) is 15.5. The molecule has 0 saturated carbocycles. The lowest BCUT2D eigenvalue weighted by Gasteiger charge is -2.39. The zero-order valence-corrected chi connectivity index (χ0v) is 56.4. The highest BCUT2D eigenvalue weighted by molar-refractivity contribution is 9.09. The number of alkyl halides is 1. The molecule has 4 aromatic heterocycles. The summed E-state index contributed by atoms with van der Waals surface area (Å²) in [5.41, 5.74) is 7.52. The van der Waals surface area contributed by atoms with Gasteiger partial charge in [0.15, 0.2) is 0 Å². The maximum Gasteiger partial charge on any atom is 0.410 e. The summed E-state index contributed by atoms with van der Waals surface area (Å²) in [6, 6.07) is 31.7. The van der Waals surface area contributed by atoms with Crippen LogP contribution in [-0.4, -0.2) is 148 Å². The summed E-state index contributed by atoms with van der Waals surface area (Å²) in [5.74, 6) is 0.828. The van der Waals surface area contributed by atoms with Crippen molar-refractivity contribution in [1.29, 1.82) is 0 Å². The monoisotopic (exact) mass is 1360 g/mol. The second-order valence-electron chi connectivity index (χ2n) is 24.2. The van der Waals surface area contributed by atoms with Gasteiger partial charge in [0.05, 0.1) is 39.9 Å². The molecule has 0 unspecified atom stereocenters. The number of nitrogens with zero attached hydrogens (tertiary/aromatic N) is 8. The number of amides is 3. The number of rotatable bonds is 17. The second-order valence-corrected chi connectivity index (χ2v) is 26.1. The molecule has 8 aromatic rings. The third-order valence-electron chi connectivity index (χ3n) is 14.5. The average molecular weight is 1360 g/mol. The fourth-order valence-electron chi connectivity index (χ4n) is 10.2. The molecule has 23 heteroatoms. The summed E-state index contributed by atoms with van der Waals surface area (Å²) in [4.78, 5) is 81.4. The van der Waals surface area contributed by atoms with Crippen LogP contribution in [0.1, 0.15) is 78.4 Å². The van der Waals surface area contributed by atoms with Gasteiger partial charge in [0.25, 0.3) is 0 Å². The Bertz CT molecular complexity index is 3800. The van der Waals surface area contributed by atoms with Crippen LogP contribution in [0, 0.1) is 0 Å². The number of H-pyrrole nitrogens is 2. The van der Waals surface area contributed by atoms with Crippen molar-refractivity contribution in [2.45, 2.75) is 104 Å². The first-order valence-corrected chi connectivity index (χ1v) is 32.4. The molecule has 480 valence electrons. The lowest BCUT2D eigenvalue weighted by Crippen LogP contribution is -2.52. The molecule has 2 atom stereocenters. The highest BCUT2D eigenvalue weighted by Crippen LogP contribution is 2.35.